The highest BCUT2D eigenvalue weighted by Gasteiger charge is 2.01. The van der Waals surface area contributed by atoms with E-state index >= 15 is 0 Å². The summed E-state index contributed by atoms with van der Waals surface area (Å²) in [5.41, 5.74) is 5.26. The van der Waals surface area contributed by atoms with Crippen molar-refractivity contribution < 1.29 is 4.79 Å². The second-order valence-corrected chi connectivity index (χ2v) is 5.55. The van der Waals surface area contributed by atoms with Gasteiger partial charge in [0.2, 0.25) is 0 Å². The molecule has 0 amide bonds. The molecular formula is C22H19ClO. The van der Waals surface area contributed by atoms with Crippen molar-refractivity contribution in [2.24, 2.45) is 0 Å². The quantitative estimate of drug-likeness (QED) is 0.423. The molecule has 3 aromatic rings. The van der Waals surface area contributed by atoms with Crippen molar-refractivity contribution in [3.63, 3.8) is 0 Å². The summed E-state index contributed by atoms with van der Waals surface area (Å²) in [7, 11) is 0. The number of hydrogen-bond donors (Lipinski definition) is 0. The van der Waals surface area contributed by atoms with E-state index in [1.807, 2.05) is 67.6 Å². The number of carbonyl (C=O) groups excluding carboxylic acids is 1. The summed E-state index contributed by atoms with van der Waals surface area (Å²) in [5, 5.41) is 0. The molecule has 0 atom stereocenters. The average Bonchev–Trinajstić information content (AvgIpc) is 2.61. The fourth-order valence-corrected chi connectivity index (χ4v) is 2.40. The lowest BCUT2D eigenvalue weighted by atomic mass is 10.0. The molecule has 1 nitrogen and oxygen atoms in total. The number of benzene rings is 3. The third-order valence-electron chi connectivity index (χ3n) is 3.78. The van der Waals surface area contributed by atoms with Crippen LogP contribution in [0.2, 0.25) is 0 Å². The lowest BCUT2D eigenvalue weighted by molar-refractivity contribution is 0.104. The van der Waals surface area contributed by atoms with Crippen molar-refractivity contribution in [2.75, 3.05) is 0 Å². The molecule has 120 valence electrons. The van der Waals surface area contributed by atoms with E-state index in [9.17, 15) is 4.79 Å². The summed E-state index contributed by atoms with van der Waals surface area (Å²) in [4.78, 5) is 12.1. The molecule has 0 N–H and O–H groups in total. The van der Waals surface area contributed by atoms with E-state index < -0.39 is 0 Å². The highest BCUT2D eigenvalue weighted by Crippen LogP contribution is 2.19. The Kier molecular flexibility index (Phi) is 6.11. The van der Waals surface area contributed by atoms with E-state index in [-0.39, 0.29) is 18.2 Å². The standard InChI is InChI=1S/C22H18O.ClH/c1-17-7-12-21(13-8-17)22(23)16-11-18-9-14-20(15-10-18)19-5-3-2-4-6-19;/h2-16H,1H3;1H. The van der Waals surface area contributed by atoms with Crippen molar-refractivity contribution >= 4 is 24.3 Å². The molecule has 0 radical (unpaired) electrons. The summed E-state index contributed by atoms with van der Waals surface area (Å²) < 4.78 is 0. The maximum Gasteiger partial charge on any atom is 0.185 e. The predicted octanol–water partition coefficient (Wildman–Crippen LogP) is 5.98. The summed E-state index contributed by atoms with van der Waals surface area (Å²) in [6.07, 6.45) is 3.49. The minimum Gasteiger partial charge on any atom is -0.289 e. The third kappa shape index (κ3) is 4.43. The van der Waals surface area contributed by atoms with Gasteiger partial charge in [-0.2, -0.15) is 0 Å². The molecule has 0 aliphatic carbocycles. The maximum absolute atomic E-state index is 12.1. The van der Waals surface area contributed by atoms with Crippen LogP contribution in [0.25, 0.3) is 17.2 Å². The smallest absolute Gasteiger partial charge is 0.185 e. The fraction of sp³-hybridized carbons (Fsp3) is 0.0455. The van der Waals surface area contributed by atoms with Gasteiger partial charge in [-0.15, -0.1) is 12.4 Å². The lowest BCUT2D eigenvalue weighted by Crippen LogP contribution is -1.93. The van der Waals surface area contributed by atoms with Gasteiger partial charge in [0.05, 0.1) is 0 Å². The van der Waals surface area contributed by atoms with Crippen molar-refractivity contribution in [1.82, 2.24) is 0 Å². The molecule has 0 aliphatic rings. The molecule has 0 fully saturated rings. The van der Waals surface area contributed by atoms with E-state index in [0.29, 0.717) is 5.56 Å². The number of allylic oxidation sites excluding steroid dienone is 1. The van der Waals surface area contributed by atoms with Gasteiger partial charge in [0.15, 0.2) is 5.78 Å². The number of rotatable bonds is 4. The Labute approximate surface area is 149 Å². The van der Waals surface area contributed by atoms with Gasteiger partial charge in [-0.05, 0) is 29.7 Å². The molecular weight excluding hydrogens is 316 g/mol. The minimum absolute atomic E-state index is 0. The van der Waals surface area contributed by atoms with Crippen LogP contribution >= 0.6 is 12.4 Å². The van der Waals surface area contributed by atoms with E-state index in [1.54, 1.807) is 6.08 Å². The molecule has 0 aromatic heterocycles. The Balaban J connectivity index is 0.00000208. The third-order valence-corrected chi connectivity index (χ3v) is 3.78. The molecule has 2 heteroatoms. The molecule has 0 saturated carbocycles. The van der Waals surface area contributed by atoms with E-state index in [4.69, 9.17) is 0 Å². The van der Waals surface area contributed by atoms with E-state index in [1.165, 1.54) is 11.1 Å². The van der Waals surface area contributed by atoms with Gasteiger partial charge in [-0.3, -0.25) is 4.79 Å². The zero-order valence-corrected chi connectivity index (χ0v) is 14.3. The van der Waals surface area contributed by atoms with Crippen LogP contribution in [-0.4, -0.2) is 5.78 Å². The molecule has 0 unspecified atom stereocenters. The molecule has 24 heavy (non-hydrogen) atoms. The summed E-state index contributed by atoms with van der Waals surface area (Å²) in [6, 6.07) is 26.1. The van der Waals surface area contributed by atoms with Crippen LogP contribution in [-0.2, 0) is 0 Å². The summed E-state index contributed by atoms with van der Waals surface area (Å²) in [6.45, 7) is 2.01. The number of hydrogen-bond acceptors (Lipinski definition) is 1. The normalized spacial score (nSPS) is 10.4. The van der Waals surface area contributed by atoms with Gasteiger partial charge in [0, 0.05) is 5.56 Å². The van der Waals surface area contributed by atoms with Gasteiger partial charge >= 0.3 is 0 Å². The molecule has 0 saturated heterocycles. The number of halogens is 1. The van der Waals surface area contributed by atoms with Crippen LogP contribution in [0.1, 0.15) is 21.5 Å². The Morgan fingerprint density at radius 3 is 1.96 bits per heavy atom. The van der Waals surface area contributed by atoms with Crippen LogP contribution in [0, 0.1) is 6.92 Å². The Morgan fingerprint density at radius 2 is 1.33 bits per heavy atom. The first kappa shape index (κ1) is 17.7. The maximum atomic E-state index is 12.1. The molecule has 0 bridgehead atoms. The monoisotopic (exact) mass is 334 g/mol. The molecule has 3 rings (SSSR count). The van der Waals surface area contributed by atoms with Crippen molar-refractivity contribution in [2.45, 2.75) is 6.92 Å². The highest BCUT2D eigenvalue weighted by atomic mass is 35.5. The molecule has 0 aliphatic heterocycles. The average molecular weight is 335 g/mol. The van der Waals surface area contributed by atoms with Gasteiger partial charge in [-0.25, -0.2) is 0 Å². The van der Waals surface area contributed by atoms with Gasteiger partial charge in [-0.1, -0.05) is 90.5 Å². The number of ketones is 1. The van der Waals surface area contributed by atoms with Crippen LogP contribution in [0.15, 0.2) is 84.9 Å². The van der Waals surface area contributed by atoms with E-state index in [2.05, 4.69) is 24.3 Å². The van der Waals surface area contributed by atoms with Crippen LogP contribution in [0.4, 0.5) is 0 Å². The Bertz CT molecular complexity index is 816. The fourth-order valence-electron chi connectivity index (χ4n) is 2.40. The van der Waals surface area contributed by atoms with Crippen LogP contribution < -0.4 is 0 Å². The van der Waals surface area contributed by atoms with Gasteiger partial charge in [0.1, 0.15) is 0 Å². The first-order valence-corrected chi connectivity index (χ1v) is 7.67. The topological polar surface area (TPSA) is 17.1 Å². The predicted molar refractivity (Wildman–Crippen MR) is 104 cm³/mol. The zero-order valence-electron chi connectivity index (χ0n) is 13.5. The van der Waals surface area contributed by atoms with Crippen molar-refractivity contribution in [3.8, 4) is 11.1 Å². The van der Waals surface area contributed by atoms with Gasteiger partial charge < -0.3 is 0 Å². The van der Waals surface area contributed by atoms with Crippen molar-refractivity contribution in [3.05, 3.63) is 102 Å². The highest BCUT2D eigenvalue weighted by molar-refractivity contribution is 6.06. The molecule has 0 spiro atoms. The number of carbonyl (C=O) groups is 1. The van der Waals surface area contributed by atoms with E-state index in [0.717, 1.165) is 11.1 Å². The van der Waals surface area contributed by atoms with Crippen LogP contribution in [0.3, 0.4) is 0 Å². The van der Waals surface area contributed by atoms with Crippen molar-refractivity contribution in [1.29, 1.82) is 0 Å². The summed E-state index contributed by atoms with van der Waals surface area (Å²) in [5.74, 6) is 0.0251. The Morgan fingerprint density at radius 1 is 0.750 bits per heavy atom. The molecule has 0 heterocycles. The SMILES string of the molecule is Cc1ccc(C(=O)C=Cc2ccc(-c3ccccc3)cc2)cc1.Cl. The number of aryl methyl sites for hydroxylation is 1. The molecule has 3 aromatic carbocycles. The summed E-state index contributed by atoms with van der Waals surface area (Å²) >= 11 is 0. The second kappa shape index (κ2) is 8.28. The first-order chi connectivity index (χ1) is 11.2. The van der Waals surface area contributed by atoms with Crippen LogP contribution in [0.5, 0.6) is 0 Å². The largest absolute Gasteiger partial charge is 0.289 e. The zero-order chi connectivity index (χ0) is 16.1. The second-order valence-electron chi connectivity index (χ2n) is 5.55. The first-order valence-electron chi connectivity index (χ1n) is 7.67. The lowest BCUT2D eigenvalue weighted by Gasteiger charge is -2.02. The minimum atomic E-state index is 0. The van der Waals surface area contributed by atoms with Gasteiger partial charge in [0.25, 0.3) is 0 Å². The Hall–Kier alpha value is -2.64.